The van der Waals surface area contributed by atoms with E-state index in [2.05, 4.69) is 40.3 Å². The van der Waals surface area contributed by atoms with Gasteiger partial charge in [-0.3, -0.25) is 4.90 Å². The number of hydrogen-bond acceptors (Lipinski definition) is 4. The summed E-state index contributed by atoms with van der Waals surface area (Å²) >= 11 is 0. The molecule has 2 aromatic carbocycles. The Bertz CT molecular complexity index is 986. The third kappa shape index (κ3) is 4.65. The maximum atomic E-state index is 12.9. The summed E-state index contributed by atoms with van der Waals surface area (Å²) in [5.74, 6) is 0. The van der Waals surface area contributed by atoms with Crippen LogP contribution in [0.3, 0.4) is 0 Å². The van der Waals surface area contributed by atoms with Gasteiger partial charge in [-0.1, -0.05) is 47.2 Å². The van der Waals surface area contributed by atoms with Gasteiger partial charge in [-0.25, -0.2) is 4.68 Å². The van der Waals surface area contributed by atoms with Crippen molar-refractivity contribution in [3.63, 3.8) is 0 Å². The molecule has 0 radical (unpaired) electrons. The first kappa shape index (κ1) is 19.6. The highest BCUT2D eigenvalue weighted by Gasteiger charge is 2.31. The monoisotopic (exact) mass is 402 g/mol. The summed E-state index contributed by atoms with van der Waals surface area (Å²) in [7, 11) is 0. The Morgan fingerprint density at radius 3 is 2.59 bits per heavy atom. The van der Waals surface area contributed by atoms with Crippen LogP contribution in [-0.4, -0.2) is 33.0 Å². The van der Waals surface area contributed by atoms with Crippen LogP contribution in [0.15, 0.2) is 54.7 Å². The van der Waals surface area contributed by atoms with Crippen molar-refractivity contribution in [2.75, 3.05) is 13.2 Å². The molecule has 1 fully saturated rings. The van der Waals surface area contributed by atoms with Crippen LogP contribution in [0.5, 0.6) is 0 Å². The fraction of sp³-hybridized carbons (Fsp3) is 0.333. The van der Waals surface area contributed by atoms with Crippen LogP contribution < -0.4 is 0 Å². The molecule has 8 heteroatoms. The number of nitrogens with zero attached hydrogens (tertiary/aromatic N) is 4. The van der Waals surface area contributed by atoms with E-state index >= 15 is 0 Å². The SMILES string of the molecule is Cc1cccc(CN2CCO[C@H]2c2cn(Cc3cccc(C(F)(F)F)c3)nn2)c1. The van der Waals surface area contributed by atoms with Crippen molar-refractivity contribution in [3.05, 3.63) is 82.7 Å². The van der Waals surface area contributed by atoms with E-state index in [9.17, 15) is 13.2 Å². The van der Waals surface area contributed by atoms with E-state index in [1.807, 2.05) is 6.07 Å². The van der Waals surface area contributed by atoms with E-state index in [4.69, 9.17) is 4.74 Å². The van der Waals surface area contributed by atoms with E-state index in [0.717, 1.165) is 25.2 Å². The quantitative estimate of drug-likeness (QED) is 0.642. The number of alkyl halides is 3. The molecule has 152 valence electrons. The molecule has 0 unspecified atom stereocenters. The molecule has 0 bridgehead atoms. The van der Waals surface area contributed by atoms with Gasteiger partial charge in [0.2, 0.25) is 0 Å². The molecule has 4 rings (SSSR count). The third-order valence-corrected chi connectivity index (χ3v) is 4.86. The highest BCUT2D eigenvalue weighted by Crippen LogP contribution is 2.30. The zero-order chi connectivity index (χ0) is 20.4. The zero-order valence-corrected chi connectivity index (χ0v) is 15.9. The molecule has 0 N–H and O–H groups in total. The Morgan fingerprint density at radius 2 is 1.83 bits per heavy atom. The van der Waals surface area contributed by atoms with Crippen LogP contribution >= 0.6 is 0 Å². The number of ether oxygens (including phenoxy) is 1. The smallest absolute Gasteiger partial charge is 0.356 e. The van der Waals surface area contributed by atoms with Gasteiger partial charge >= 0.3 is 6.18 Å². The number of halogens is 3. The summed E-state index contributed by atoms with van der Waals surface area (Å²) in [5, 5.41) is 8.28. The minimum atomic E-state index is -4.36. The van der Waals surface area contributed by atoms with Crippen molar-refractivity contribution in [1.29, 1.82) is 0 Å². The van der Waals surface area contributed by atoms with Crippen molar-refractivity contribution in [2.24, 2.45) is 0 Å². The molecule has 1 atom stereocenters. The van der Waals surface area contributed by atoms with Crippen LogP contribution in [-0.2, 0) is 24.0 Å². The van der Waals surface area contributed by atoms with E-state index in [-0.39, 0.29) is 12.8 Å². The van der Waals surface area contributed by atoms with Crippen LogP contribution in [0.2, 0.25) is 0 Å². The molecule has 2 heterocycles. The van der Waals surface area contributed by atoms with Gasteiger partial charge < -0.3 is 4.74 Å². The topological polar surface area (TPSA) is 43.2 Å². The van der Waals surface area contributed by atoms with Gasteiger partial charge in [-0.05, 0) is 30.2 Å². The first-order chi connectivity index (χ1) is 13.9. The normalized spacial score (nSPS) is 17.7. The van der Waals surface area contributed by atoms with Gasteiger partial charge in [0.1, 0.15) is 5.69 Å². The van der Waals surface area contributed by atoms with Gasteiger partial charge in [-0.2, -0.15) is 13.2 Å². The summed E-state index contributed by atoms with van der Waals surface area (Å²) in [6.45, 7) is 4.37. The highest BCUT2D eigenvalue weighted by molar-refractivity contribution is 5.26. The van der Waals surface area contributed by atoms with Gasteiger partial charge in [-0.15, -0.1) is 5.10 Å². The molecule has 0 spiro atoms. The summed E-state index contributed by atoms with van der Waals surface area (Å²) in [4.78, 5) is 2.17. The summed E-state index contributed by atoms with van der Waals surface area (Å²) in [6, 6.07) is 13.5. The van der Waals surface area contributed by atoms with Crippen molar-refractivity contribution < 1.29 is 17.9 Å². The maximum Gasteiger partial charge on any atom is 0.416 e. The molecule has 3 aromatic rings. The molecular weight excluding hydrogens is 381 g/mol. The van der Waals surface area contributed by atoms with E-state index in [1.165, 1.54) is 21.9 Å². The minimum Gasteiger partial charge on any atom is -0.356 e. The average Bonchev–Trinajstić information content (AvgIpc) is 3.30. The second-order valence-corrected chi connectivity index (χ2v) is 7.22. The van der Waals surface area contributed by atoms with E-state index in [0.29, 0.717) is 17.9 Å². The maximum absolute atomic E-state index is 12.9. The zero-order valence-electron chi connectivity index (χ0n) is 15.9. The Hall–Kier alpha value is -2.71. The predicted molar refractivity (Wildman–Crippen MR) is 101 cm³/mol. The number of aryl methyl sites for hydroxylation is 1. The Morgan fingerprint density at radius 1 is 1.07 bits per heavy atom. The Kier molecular flexibility index (Phi) is 5.38. The van der Waals surface area contributed by atoms with Crippen LogP contribution in [0.1, 0.15) is 34.2 Å². The second kappa shape index (κ2) is 7.96. The summed E-state index contributed by atoms with van der Waals surface area (Å²) < 4.78 is 46.1. The summed E-state index contributed by atoms with van der Waals surface area (Å²) in [6.07, 6.45) is -2.94. The van der Waals surface area contributed by atoms with Gasteiger partial charge in [0.15, 0.2) is 6.23 Å². The average molecular weight is 402 g/mol. The fourth-order valence-corrected chi connectivity index (χ4v) is 3.52. The van der Waals surface area contributed by atoms with Crippen molar-refractivity contribution in [2.45, 2.75) is 32.4 Å². The number of benzene rings is 2. The molecule has 1 saturated heterocycles. The fourth-order valence-electron chi connectivity index (χ4n) is 3.52. The molecule has 5 nitrogen and oxygen atoms in total. The van der Waals surface area contributed by atoms with Gasteiger partial charge in [0.25, 0.3) is 0 Å². The van der Waals surface area contributed by atoms with Crippen LogP contribution in [0, 0.1) is 6.92 Å². The first-order valence-electron chi connectivity index (χ1n) is 9.36. The number of rotatable bonds is 5. The van der Waals surface area contributed by atoms with Gasteiger partial charge in [0.05, 0.1) is 24.9 Å². The number of hydrogen-bond donors (Lipinski definition) is 0. The third-order valence-electron chi connectivity index (χ3n) is 4.86. The Balaban J connectivity index is 1.47. The van der Waals surface area contributed by atoms with E-state index in [1.54, 1.807) is 12.3 Å². The largest absolute Gasteiger partial charge is 0.416 e. The van der Waals surface area contributed by atoms with Crippen molar-refractivity contribution in [1.82, 2.24) is 19.9 Å². The molecule has 29 heavy (non-hydrogen) atoms. The standard InChI is InChI=1S/C21H21F3N4O/c1-15-4-2-5-16(10-15)12-27-8-9-29-20(27)19-14-28(26-25-19)13-17-6-3-7-18(11-17)21(22,23)24/h2-7,10-11,14,20H,8-9,12-13H2,1H3/t20-/m0/s1. The van der Waals surface area contributed by atoms with Crippen molar-refractivity contribution in [3.8, 4) is 0 Å². The van der Waals surface area contributed by atoms with Crippen molar-refractivity contribution >= 4 is 0 Å². The lowest BCUT2D eigenvalue weighted by molar-refractivity contribution is -0.137. The second-order valence-electron chi connectivity index (χ2n) is 7.22. The van der Waals surface area contributed by atoms with Crippen LogP contribution in [0.4, 0.5) is 13.2 Å². The molecule has 0 saturated carbocycles. The predicted octanol–water partition coefficient (Wildman–Crippen LogP) is 4.18. The first-order valence-corrected chi connectivity index (χ1v) is 9.36. The minimum absolute atomic E-state index is 0.210. The molecule has 1 aliphatic rings. The molecular formula is C21H21F3N4O. The van der Waals surface area contributed by atoms with Crippen LogP contribution in [0.25, 0.3) is 0 Å². The molecule has 0 aliphatic carbocycles. The number of aromatic nitrogens is 3. The highest BCUT2D eigenvalue weighted by atomic mass is 19.4. The molecule has 0 amide bonds. The lowest BCUT2D eigenvalue weighted by atomic mass is 10.1. The van der Waals surface area contributed by atoms with Gasteiger partial charge in [0, 0.05) is 13.1 Å². The lowest BCUT2D eigenvalue weighted by Gasteiger charge is -2.21. The molecule has 1 aromatic heterocycles. The van der Waals surface area contributed by atoms with E-state index < -0.39 is 11.7 Å². The summed E-state index contributed by atoms with van der Waals surface area (Å²) in [5.41, 5.74) is 2.89. The Labute approximate surface area is 166 Å². The molecule has 1 aliphatic heterocycles. The lowest BCUT2D eigenvalue weighted by Crippen LogP contribution is -2.23.